The molecule has 1 aliphatic rings. The third kappa shape index (κ3) is 4.45. The second kappa shape index (κ2) is 5.98. The van der Waals surface area contributed by atoms with Crippen LogP contribution < -0.4 is 0 Å². The van der Waals surface area contributed by atoms with Crippen LogP contribution in [0.1, 0.15) is 74.1 Å². The maximum atomic E-state index is 11.9. The maximum Gasteiger partial charge on any atom is 0.306 e. The summed E-state index contributed by atoms with van der Waals surface area (Å²) in [6.07, 6.45) is 2.91. The van der Waals surface area contributed by atoms with Crippen molar-refractivity contribution in [2.75, 3.05) is 0 Å². The molecular formula is C17H30O4. The first-order valence-electron chi connectivity index (χ1n) is 7.76. The largest absolute Gasteiger partial charge is 0.462 e. The molecule has 1 saturated carbocycles. The van der Waals surface area contributed by atoms with Crippen molar-refractivity contribution in [1.29, 1.82) is 0 Å². The van der Waals surface area contributed by atoms with Gasteiger partial charge in [0.05, 0.1) is 0 Å². The lowest BCUT2D eigenvalue weighted by Crippen LogP contribution is -2.39. The van der Waals surface area contributed by atoms with Gasteiger partial charge in [-0.1, -0.05) is 20.8 Å². The number of carbonyl (C=O) groups excluding carboxylic acids is 2. The smallest absolute Gasteiger partial charge is 0.306 e. The van der Waals surface area contributed by atoms with Crippen molar-refractivity contribution in [2.24, 2.45) is 10.8 Å². The van der Waals surface area contributed by atoms with E-state index in [1.54, 1.807) is 0 Å². The predicted molar refractivity (Wildman–Crippen MR) is 81.8 cm³/mol. The van der Waals surface area contributed by atoms with E-state index in [0.29, 0.717) is 6.42 Å². The van der Waals surface area contributed by atoms with Crippen molar-refractivity contribution in [1.82, 2.24) is 0 Å². The summed E-state index contributed by atoms with van der Waals surface area (Å²) in [6.45, 7) is 13.5. The molecule has 1 fully saturated rings. The van der Waals surface area contributed by atoms with Gasteiger partial charge in [-0.3, -0.25) is 9.59 Å². The summed E-state index contributed by atoms with van der Waals surface area (Å²) in [6, 6.07) is 0. The minimum Gasteiger partial charge on any atom is -0.462 e. The van der Waals surface area contributed by atoms with E-state index in [9.17, 15) is 9.59 Å². The predicted octanol–water partition coefficient (Wildman–Crippen LogP) is 3.87. The summed E-state index contributed by atoms with van der Waals surface area (Å²) in [4.78, 5) is 23.1. The Kier molecular flexibility index (Phi) is 5.12. The lowest BCUT2D eigenvalue weighted by atomic mass is 9.66. The van der Waals surface area contributed by atoms with Crippen LogP contribution in [0.5, 0.6) is 0 Å². The van der Waals surface area contributed by atoms with E-state index in [4.69, 9.17) is 9.47 Å². The molecule has 0 aromatic heterocycles. The topological polar surface area (TPSA) is 52.6 Å². The Labute approximate surface area is 128 Å². The number of carbonyl (C=O) groups is 2. The van der Waals surface area contributed by atoms with E-state index in [1.807, 2.05) is 20.8 Å². The molecule has 0 radical (unpaired) electrons. The minimum absolute atomic E-state index is 0.0238. The Morgan fingerprint density at radius 3 is 2.24 bits per heavy atom. The van der Waals surface area contributed by atoms with Gasteiger partial charge in [0, 0.05) is 18.8 Å². The Balaban J connectivity index is 2.66. The van der Waals surface area contributed by atoms with Crippen molar-refractivity contribution in [2.45, 2.75) is 85.9 Å². The highest BCUT2D eigenvalue weighted by molar-refractivity contribution is 5.70. The Morgan fingerprint density at radius 2 is 1.76 bits per heavy atom. The number of hydrogen-bond donors (Lipinski definition) is 0. The third-order valence-corrected chi connectivity index (χ3v) is 4.93. The van der Waals surface area contributed by atoms with E-state index in [1.165, 1.54) is 6.92 Å². The molecule has 0 aromatic rings. The van der Waals surface area contributed by atoms with Gasteiger partial charge < -0.3 is 9.47 Å². The van der Waals surface area contributed by atoms with Crippen LogP contribution in [-0.4, -0.2) is 23.6 Å². The van der Waals surface area contributed by atoms with Gasteiger partial charge in [0.1, 0.15) is 11.7 Å². The summed E-state index contributed by atoms with van der Waals surface area (Å²) < 4.78 is 10.8. The van der Waals surface area contributed by atoms with E-state index >= 15 is 0 Å². The monoisotopic (exact) mass is 298 g/mol. The van der Waals surface area contributed by atoms with Crippen LogP contribution in [0, 0.1) is 10.8 Å². The summed E-state index contributed by atoms with van der Waals surface area (Å²) in [5.41, 5.74) is -0.603. The highest BCUT2D eigenvalue weighted by atomic mass is 16.6. The van der Waals surface area contributed by atoms with E-state index in [-0.39, 0.29) is 28.9 Å². The molecule has 21 heavy (non-hydrogen) atoms. The molecule has 0 aliphatic heterocycles. The van der Waals surface area contributed by atoms with Gasteiger partial charge in [-0.05, 0) is 45.4 Å². The van der Waals surface area contributed by atoms with E-state index < -0.39 is 5.60 Å². The van der Waals surface area contributed by atoms with Crippen LogP contribution in [0.3, 0.4) is 0 Å². The highest BCUT2D eigenvalue weighted by Gasteiger charge is 2.52. The molecule has 0 amide bonds. The molecule has 0 N–H and O–H groups in total. The Hall–Kier alpha value is -1.06. The summed E-state index contributed by atoms with van der Waals surface area (Å²) in [5, 5.41) is 0. The summed E-state index contributed by atoms with van der Waals surface area (Å²) >= 11 is 0. The fourth-order valence-electron chi connectivity index (χ4n) is 3.15. The number of ether oxygens (including phenoxy) is 2. The molecule has 4 heteroatoms. The van der Waals surface area contributed by atoms with Crippen LogP contribution in [0.15, 0.2) is 0 Å². The van der Waals surface area contributed by atoms with Crippen molar-refractivity contribution < 1.29 is 19.1 Å². The van der Waals surface area contributed by atoms with Crippen molar-refractivity contribution in [3.63, 3.8) is 0 Å². The second-order valence-corrected chi connectivity index (χ2v) is 8.01. The first-order valence-corrected chi connectivity index (χ1v) is 7.76. The summed E-state index contributed by atoms with van der Waals surface area (Å²) in [5.74, 6) is -0.389. The fourth-order valence-corrected chi connectivity index (χ4v) is 3.15. The molecule has 0 saturated heterocycles. The SMILES string of the molecule is CC(=O)O[C@H]1CC[C@](C)(CCC(=O)OC(C)(C)C)C1(C)C. The number of hydrogen-bond acceptors (Lipinski definition) is 4. The molecule has 0 spiro atoms. The van der Waals surface area contributed by atoms with Gasteiger partial charge in [0.2, 0.25) is 0 Å². The average Bonchev–Trinajstić information content (AvgIpc) is 2.48. The van der Waals surface area contributed by atoms with Gasteiger partial charge in [-0.15, -0.1) is 0 Å². The first-order chi connectivity index (χ1) is 9.37. The minimum atomic E-state index is -0.441. The average molecular weight is 298 g/mol. The van der Waals surface area contributed by atoms with Crippen LogP contribution >= 0.6 is 0 Å². The highest BCUT2D eigenvalue weighted by Crippen LogP contribution is 2.56. The molecule has 1 rings (SSSR count). The molecule has 122 valence electrons. The molecule has 0 unspecified atom stereocenters. The number of rotatable bonds is 4. The van der Waals surface area contributed by atoms with Gasteiger partial charge >= 0.3 is 11.9 Å². The Morgan fingerprint density at radius 1 is 1.19 bits per heavy atom. The van der Waals surface area contributed by atoms with Crippen LogP contribution in [0.2, 0.25) is 0 Å². The molecule has 1 aliphatic carbocycles. The number of esters is 2. The van der Waals surface area contributed by atoms with Crippen LogP contribution in [-0.2, 0) is 19.1 Å². The quantitative estimate of drug-likeness (QED) is 0.739. The van der Waals surface area contributed by atoms with Gasteiger partial charge in [-0.2, -0.15) is 0 Å². The van der Waals surface area contributed by atoms with Crippen LogP contribution in [0.25, 0.3) is 0 Å². The van der Waals surface area contributed by atoms with Gasteiger partial charge in [0.25, 0.3) is 0 Å². The van der Waals surface area contributed by atoms with Gasteiger partial charge in [-0.25, -0.2) is 0 Å². The molecule has 0 heterocycles. The molecule has 2 atom stereocenters. The van der Waals surface area contributed by atoms with Gasteiger partial charge in [0.15, 0.2) is 0 Å². The van der Waals surface area contributed by atoms with E-state index in [2.05, 4.69) is 20.8 Å². The molecular weight excluding hydrogens is 268 g/mol. The lowest BCUT2D eigenvalue weighted by Gasteiger charge is -2.41. The standard InChI is InChI=1S/C17H30O4/c1-12(18)20-13-8-10-17(7,16(13,5)6)11-9-14(19)21-15(2,3)4/h13H,8-11H2,1-7H3/t13-,17+/m0/s1. The van der Waals surface area contributed by atoms with E-state index in [0.717, 1.165) is 19.3 Å². The Bertz CT molecular complexity index is 406. The molecule has 0 aromatic carbocycles. The normalized spacial score (nSPS) is 28.2. The van der Waals surface area contributed by atoms with Crippen molar-refractivity contribution in [3.8, 4) is 0 Å². The third-order valence-electron chi connectivity index (χ3n) is 4.93. The first kappa shape index (κ1) is 18.0. The molecule has 0 bridgehead atoms. The zero-order chi connectivity index (χ0) is 16.5. The van der Waals surface area contributed by atoms with Crippen molar-refractivity contribution >= 4 is 11.9 Å². The van der Waals surface area contributed by atoms with Crippen LogP contribution in [0.4, 0.5) is 0 Å². The fraction of sp³-hybridized carbons (Fsp3) is 0.882. The lowest BCUT2D eigenvalue weighted by molar-refractivity contribution is -0.158. The molecule has 4 nitrogen and oxygen atoms in total. The maximum absolute atomic E-state index is 11.9. The van der Waals surface area contributed by atoms with Crippen molar-refractivity contribution in [3.05, 3.63) is 0 Å². The zero-order valence-electron chi connectivity index (χ0n) is 14.5. The summed E-state index contributed by atoms with van der Waals surface area (Å²) in [7, 11) is 0. The zero-order valence-corrected chi connectivity index (χ0v) is 14.5. The second-order valence-electron chi connectivity index (χ2n) is 8.01.